The van der Waals surface area contributed by atoms with Crippen molar-refractivity contribution in [2.24, 2.45) is 4.99 Å². The maximum Gasteiger partial charge on any atom is 0.131 e. The normalized spacial score (nSPS) is 18.4. The SMILES string of the molecule is C1=C2Cc3cc(C4N=C(c5cccc(-c6ccccc6)c5)NC(c5ccc6c(ccc7c8ccccc8ccc67)c5)N4)ccc3C2=CCC1. The van der Waals surface area contributed by atoms with Gasteiger partial charge in [0.05, 0.1) is 0 Å². The number of hydrogen-bond acceptors (Lipinski definition) is 3. The van der Waals surface area contributed by atoms with Gasteiger partial charge in [-0.05, 0) is 108 Å². The van der Waals surface area contributed by atoms with Crippen LogP contribution >= 0.6 is 0 Å². The lowest BCUT2D eigenvalue weighted by atomic mass is 9.95. The third kappa shape index (κ3) is 4.89. The van der Waals surface area contributed by atoms with Gasteiger partial charge in [0.2, 0.25) is 0 Å². The van der Waals surface area contributed by atoms with E-state index in [1.807, 2.05) is 0 Å². The van der Waals surface area contributed by atoms with E-state index in [-0.39, 0.29) is 12.3 Å². The Morgan fingerprint density at radius 2 is 1.27 bits per heavy atom. The van der Waals surface area contributed by atoms with Gasteiger partial charge in [0, 0.05) is 5.56 Å². The molecule has 7 aromatic carbocycles. The van der Waals surface area contributed by atoms with Crippen molar-refractivity contribution in [3.05, 3.63) is 185 Å². The molecule has 1 heterocycles. The third-order valence-electron chi connectivity index (χ3n) is 10.6. The molecule has 234 valence electrons. The van der Waals surface area contributed by atoms with Crippen molar-refractivity contribution in [1.82, 2.24) is 10.6 Å². The molecule has 0 saturated heterocycles. The number of nitrogens with zero attached hydrogens (tertiary/aromatic N) is 1. The van der Waals surface area contributed by atoms with Gasteiger partial charge in [-0.25, -0.2) is 4.99 Å². The molecule has 3 aliphatic rings. The minimum absolute atomic E-state index is 0.129. The average Bonchev–Trinajstić information content (AvgIpc) is 3.55. The van der Waals surface area contributed by atoms with Crippen molar-refractivity contribution in [3.8, 4) is 11.1 Å². The van der Waals surface area contributed by atoms with Crippen molar-refractivity contribution in [2.75, 3.05) is 0 Å². The van der Waals surface area contributed by atoms with Crippen molar-refractivity contribution in [1.29, 1.82) is 0 Å². The molecule has 2 unspecified atom stereocenters. The number of allylic oxidation sites excluding steroid dienone is 4. The monoisotopic (exact) mass is 629 g/mol. The Morgan fingerprint density at radius 3 is 2.18 bits per heavy atom. The summed E-state index contributed by atoms with van der Waals surface area (Å²) in [4.78, 5) is 5.35. The van der Waals surface area contributed by atoms with Crippen LogP contribution < -0.4 is 10.6 Å². The second kappa shape index (κ2) is 11.4. The zero-order chi connectivity index (χ0) is 32.3. The number of fused-ring (bicyclic) bond motifs is 8. The van der Waals surface area contributed by atoms with E-state index in [1.165, 1.54) is 76.8 Å². The summed E-state index contributed by atoms with van der Waals surface area (Å²) in [5.41, 5.74) is 11.5. The molecule has 0 spiro atoms. The zero-order valence-corrected chi connectivity index (χ0v) is 27.2. The highest BCUT2D eigenvalue weighted by Crippen LogP contribution is 2.41. The Balaban J connectivity index is 1.06. The first kappa shape index (κ1) is 28.3. The zero-order valence-electron chi connectivity index (χ0n) is 27.2. The molecule has 10 rings (SSSR count). The first-order valence-electron chi connectivity index (χ1n) is 17.4. The smallest absolute Gasteiger partial charge is 0.131 e. The van der Waals surface area contributed by atoms with Crippen molar-refractivity contribution >= 4 is 43.7 Å². The number of rotatable bonds is 4. The van der Waals surface area contributed by atoms with Crippen LogP contribution in [0, 0.1) is 0 Å². The topological polar surface area (TPSA) is 36.4 Å². The van der Waals surface area contributed by atoms with Crippen molar-refractivity contribution < 1.29 is 0 Å². The number of benzene rings is 7. The molecule has 0 fully saturated rings. The van der Waals surface area contributed by atoms with Crippen molar-refractivity contribution in [2.45, 2.75) is 31.6 Å². The Labute approximate surface area is 286 Å². The fourth-order valence-electron chi connectivity index (χ4n) is 8.13. The third-order valence-corrected chi connectivity index (χ3v) is 10.6. The molecule has 3 heteroatoms. The van der Waals surface area contributed by atoms with Gasteiger partial charge < -0.3 is 5.32 Å². The second-order valence-electron chi connectivity index (χ2n) is 13.5. The van der Waals surface area contributed by atoms with Crippen LogP contribution in [0.2, 0.25) is 0 Å². The Morgan fingerprint density at radius 1 is 0.531 bits per heavy atom. The lowest BCUT2D eigenvalue weighted by Crippen LogP contribution is -2.45. The van der Waals surface area contributed by atoms with Gasteiger partial charge in [0.1, 0.15) is 18.2 Å². The van der Waals surface area contributed by atoms with Crippen LogP contribution in [-0.2, 0) is 6.42 Å². The molecule has 0 aromatic heterocycles. The number of amidine groups is 1. The molecule has 7 aromatic rings. The Bertz CT molecular complexity index is 2540. The molecule has 0 radical (unpaired) electrons. The summed E-state index contributed by atoms with van der Waals surface area (Å²) in [6.45, 7) is 0. The largest absolute Gasteiger partial charge is 0.350 e. The van der Waals surface area contributed by atoms with E-state index in [9.17, 15) is 0 Å². The van der Waals surface area contributed by atoms with E-state index in [4.69, 9.17) is 4.99 Å². The fourth-order valence-corrected chi connectivity index (χ4v) is 8.13. The van der Waals surface area contributed by atoms with Crippen LogP contribution in [0.25, 0.3) is 49.0 Å². The van der Waals surface area contributed by atoms with E-state index < -0.39 is 0 Å². The molecule has 2 atom stereocenters. The lowest BCUT2D eigenvalue weighted by molar-refractivity contribution is 0.409. The van der Waals surface area contributed by atoms with Gasteiger partial charge >= 0.3 is 0 Å². The second-order valence-corrected chi connectivity index (χ2v) is 13.5. The summed E-state index contributed by atoms with van der Waals surface area (Å²) in [6.07, 6.45) is 7.80. The van der Waals surface area contributed by atoms with Gasteiger partial charge in [-0.15, -0.1) is 0 Å². The van der Waals surface area contributed by atoms with E-state index >= 15 is 0 Å². The molecule has 2 aliphatic carbocycles. The summed E-state index contributed by atoms with van der Waals surface area (Å²) < 4.78 is 0. The quantitative estimate of drug-likeness (QED) is 0.190. The summed E-state index contributed by atoms with van der Waals surface area (Å²) in [7, 11) is 0. The molecule has 1 aliphatic heterocycles. The van der Waals surface area contributed by atoms with Gasteiger partial charge in [-0.1, -0.05) is 140 Å². The van der Waals surface area contributed by atoms with Crippen LogP contribution in [0.5, 0.6) is 0 Å². The predicted molar refractivity (Wildman–Crippen MR) is 205 cm³/mol. The van der Waals surface area contributed by atoms with Gasteiger partial charge in [0.15, 0.2) is 0 Å². The van der Waals surface area contributed by atoms with Gasteiger partial charge in [0.25, 0.3) is 0 Å². The Hall–Kier alpha value is -5.77. The first-order chi connectivity index (χ1) is 24.2. The van der Waals surface area contributed by atoms with E-state index in [1.54, 1.807) is 0 Å². The molecule has 49 heavy (non-hydrogen) atoms. The molecule has 2 N–H and O–H groups in total. The minimum atomic E-state index is -0.198. The van der Waals surface area contributed by atoms with Crippen LogP contribution in [-0.4, -0.2) is 5.84 Å². The van der Waals surface area contributed by atoms with E-state index in [2.05, 4.69) is 162 Å². The predicted octanol–water partition coefficient (Wildman–Crippen LogP) is 10.8. The summed E-state index contributed by atoms with van der Waals surface area (Å²) in [6, 6.07) is 50.9. The highest BCUT2D eigenvalue weighted by Gasteiger charge is 2.28. The van der Waals surface area contributed by atoms with Crippen LogP contribution in [0.1, 0.15) is 53.0 Å². The molecule has 0 amide bonds. The molecular weight excluding hydrogens is 595 g/mol. The number of aliphatic imine (C=N–C) groups is 1. The highest BCUT2D eigenvalue weighted by molar-refractivity contribution is 6.17. The number of nitrogens with one attached hydrogen (secondary N) is 2. The van der Waals surface area contributed by atoms with Crippen LogP contribution in [0.3, 0.4) is 0 Å². The van der Waals surface area contributed by atoms with Gasteiger partial charge in [-0.3, -0.25) is 5.32 Å². The van der Waals surface area contributed by atoms with Crippen LogP contribution in [0.15, 0.2) is 162 Å². The highest BCUT2D eigenvalue weighted by atomic mass is 15.3. The van der Waals surface area contributed by atoms with E-state index in [0.717, 1.165) is 30.7 Å². The standard InChI is InChI=1S/C46H35N3/c1-2-9-29(10-3-1)31-13-8-14-34(25-31)44-47-45(49-46(48-44)36-20-22-41-37(28-36)27-32-12-5-7-16-39(32)41)35-19-21-40-33(26-35)18-24-42-38-15-6-4-11-30(38)17-23-43(40)42/h1-4,6,8-26,28,45-46,49H,5,7,27H2,(H,47,48). The maximum atomic E-state index is 5.35. The molecular formula is C46H35N3. The van der Waals surface area contributed by atoms with Gasteiger partial charge in [-0.2, -0.15) is 0 Å². The fraction of sp³-hybridized carbons (Fsp3) is 0.109. The minimum Gasteiger partial charge on any atom is -0.350 e. The molecule has 0 saturated carbocycles. The van der Waals surface area contributed by atoms with Crippen LogP contribution in [0.4, 0.5) is 0 Å². The lowest BCUT2D eigenvalue weighted by Gasteiger charge is -2.32. The summed E-state index contributed by atoms with van der Waals surface area (Å²) >= 11 is 0. The first-order valence-corrected chi connectivity index (χ1v) is 17.4. The maximum absolute atomic E-state index is 5.35. The average molecular weight is 630 g/mol. The van der Waals surface area contributed by atoms with E-state index in [0.29, 0.717) is 0 Å². The summed E-state index contributed by atoms with van der Waals surface area (Å²) in [5.74, 6) is 0.899. The Kier molecular flexibility index (Phi) is 6.60. The number of hydrogen-bond donors (Lipinski definition) is 2. The molecule has 0 bridgehead atoms. The molecule has 3 nitrogen and oxygen atoms in total. The summed E-state index contributed by atoms with van der Waals surface area (Å²) in [5, 5.41) is 15.3. The van der Waals surface area contributed by atoms with Crippen molar-refractivity contribution in [3.63, 3.8) is 0 Å².